The predicted molar refractivity (Wildman–Crippen MR) is 154 cm³/mol. The molecular formula is C30H33ClN6O. The fraction of sp³-hybridized carbons (Fsp3) is 0.333. The van der Waals surface area contributed by atoms with Crippen molar-refractivity contribution in [1.82, 2.24) is 19.2 Å². The Kier molecular flexibility index (Phi) is 7.86. The molecule has 1 amide bonds. The van der Waals surface area contributed by atoms with Gasteiger partial charge in [-0.3, -0.25) is 9.69 Å². The van der Waals surface area contributed by atoms with Gasteiger partial charge >= 0.3 is 0 Å². The molecule has 2 aliphatic rings. The number of fused-ring (bicyclic) bond motifs is 1. The molecule has 1 aromatic carbocycles. The highest BCUT2D eigenvalue weighted by Crippen LogP contribution is 2.30. The lowest BCUT2D eigenvalue weighted by Gasteiger charge is -2.35. The van der Waals surface area contributed by atoms with E-state index in [9.17, 15) is 4.79 Å². The smallest absolute Gasteiger partial charge is 0.231 e. The van der Waals surface area contributed by atoms with Gasteiger partial charge in [0.05, 0.1) is 17.3 Å². The van der Waals surface area contributed by atoms with Crippen LogP contribution in [0.25, 0.3) is 22.5 Å². The molecule has 1 aliphatic carbocycles. The maximum absolute atomic E-state index is 12.8. The first kappa shape index (κ1) is 26.1. The van der Waals surface area contributed by atoms with Crippen LogP contribution in [0.1, 0.15) is 31.0 Å². The molecule has 3 heterocycles. The molecule has 0 spiro atoms. The summed E-state index contributed by atoms with van der Waals surface area (Å²) in [6.07, 6.45) is 12.7. The molecule has 3 aromatic rings. The fourth-order valence-electron chi connectivity index (χ4n) is 5.23. The molecule has 7 nitrogen and oxygen atoms in total. The Hall–Kier alpha value is -3.55. The number of halogens is 1. The van der Waals surface area contributed by atoms with E-state index in [0.29, 0.717) is 30.6 Å². The number of hydrogen-bond donors (Lipinski definition) is 2. The summed E-state index contributed by atoms with van der Waals surface area (Å²) in [7, 11) is 0. The van der Waals surface area contributed by atoms with E-state index >= 15 is 0 Å². The third-order valence-corrected chi connectivity index (χ3v) is 7.64. The van der Waals surface area contributed by atoms with Crippen molar-refractivity contribution in [1.29, 1.82) is 10.8 Å². The van der Waals surface area contributed by atoms with Gasteiger partial charge in [0.2, 0.25) is 5.91 Å². The SMILES string of the molecule is CC1C=C(c2ccc3nc(-c4ccc(Cl)cc4)c(CN4CCN(C(=O)C(C=N)CC=N)CC4)n3c2)C=CC1. The maximum atomic E-state index is 12.8. The molecule has 1 saturated heterocycles. The minimum atomic E-state index is -0.543. The predicted octanol–water partition coefficient (Wildman–Crippen LogP) is 5.58. The van der Waals surface area contributed by atoms with E-state index in [1.165, 1.54) is 17.4 Å². The van der Waals surface area contributed by atoms with E-state index in [1.807, 2.05) is 29.2 Å². The number of benzene rings is 1. The van der Waals surface area contributed by atoms with Crippen LogP contribution in [0, 0.1) is 22.7 Å². The van der Waals surface area contributed by atoms with Crippen molar-refractivity contribution in [2.24, 2.45) is 11.8 Å². The lowest BCUT2D eigenvalue weighted by Crippen LogP contribution is -2.50. The largest absolute Gasteiger partial charge is 0.340 e. The lowest BCUT2D eigenvalue weighted by atomic mass is 9.94. The van der Waals surface area contributed by atoms with Crippen molar-refractivity contribution in [3.63, 3.8) is 0 Å². The third-order valence-electron chi connectivity index (χ3n) is 7.39. The highest BCUT2D eigenvalue weighted by Gasteiger charge is 2.27. The monoisotopic (exact) mass is 528 g/mol. The topological polar surface area (TPSA) is 88.6 Å². The highest BCUT2D eigenvalue weighted by molar-refractivity contribution is 6.30. The summed E-state index contributed by atoms with van der Waals surface area (Å²) in [5.74, 6) is -0.0889. The van der Waals surface area contributed by atoms with E-state index in [4.69, 9.17) is 27.4 Å². The van der Waals surface area contributed by atoms with Crippen molar-refractivity contribution >= 4 is 41.2 Å². The lowest BCUT2D eigenvalue weighted by molar-refractivity contribution is -0.134. The minimum absolute atomic E-state index is 0.0625. The first-order valence-corrected chi connectivity index (χ1v) is 13.5. The number of amides is 1. The molecule has 2 unspecified atom stereocenters. The standard InChI is InChI=1S/C30H33ClN6O/c1-21-3-2-4-23(17-21)25-7-10-28-34-29(22-5-8-26(31)9-6-22)27(37(28)19-25)20-35-13-15-36(16-14-35)30(38)24(18-33)11-12-32/h2,4-10,12,17-19,21,24,32-33H,3,11,13-16,20H2,1H3. The summed E-state index contributed by atoms with van der Waals surface area (Å²) < 4.78 is 2.21. The number of pyridine rings is 1. The number of nitrogens with one attached hydrogen (secondary N) is 2. The Morgan fingerprint density at radius 2 is 1.84 bits per heavy atom. The van der Waals surface area contributed by atoms with Gasteiger partial charge in [0.25, 0.3) is 0 Å². The Morgan fingerprint density at radius 3 is 2.53 bits per heavy atom. The average molecular weight is 529 g/mol. The second kappa shape index (κ2) is 11.5. The Bertz CT molecular complexity index is 1400. The Morgan fingerprint density at radius 1 is 1.11 bits per heavy atom. The summed E-state index contributed by atoms with van der Waals surface area (Å²) in [6.45, 7) is 5.62. The molecule has 5 rings (SSSR count). The summed E-state index contributed by atoms with van der Waals surface area (Å²) in [5, 5.41) is 15.6. The first-order chi connectivity index (χ1) is 18.5. The van der Waals surface area contributed by atoms with Crippen molar-refractivity contribution in [3.8, 4) is 11.3 Å². The van der Waals surface area contributed by atoms with Crippen molar-refractivity contribution in [2.45, 2.75) is 26.3 Å². The molecule has 0 bridgehead atoms. The number of piperazine rings is 1. The van der Waals surface area contributed by atoms with E-state index < -0.39 is 5.92 Å². The van der Waals surface area contributed by atoms with Crippen LogP contribution in [0.5, 0.6) is 0 Å². The summed E-state index contributed by atoms with van der Waals surface area (Å²) >= 11 is 6.18. The molecule has 1 aliphatic heterocycles. The van der Waals surface area contributed by atoms with Gasteiger partial charge in [-0.05, 0) is 60.4 Å². The molecule has 0 saturated carbocycles. The zero-order chi connectivity index (χ0) is 26.6. The average Bonchev–Trinajstić information content (AvgIpc) is 3.29. The van der Waals surface area contributed by atoms with Gasteiger partial charge in [-0.25, -0.2) is 4.98 Å². The number of rotatable bonds is 8. The first-order valence-electron chi connectivity index (χ1n) is 13.1. The second-order valence-corrected chi connectivity index (χ2v) is 10.5. The molecule has 2 aromatic heterocycles. The number of aromatic nitrogens is 2. The van der Waals surface area contributed by atoms with Crippen LogP contribution in [0.3, 0.4) is 0 Å². The molecule has 2 N–H and O–H groups in total. The molecule has 38 heavy (non-hydrogen) atoms. The number of carbonyl (C=O) groups is 1. The van der Waals surface area contributed by atoms with Crippen molar-refractivity contribution in [3.05, 3.63) is 77.1 Å². The van der Waals surface area contributed by atoms with Crippen LogP contribution >= 0.6 is 11.6 Å². The zero-order valence-corrected chi connectivity index (χ0v) is 22.4. The van der Waals surface area contributed by atoms with Gasteiger partial charge in [0.1, 0.15) is 5.65 Å². The van der Waals surface area contributed by atoms with Gasteiger partial charge in [0.15, 0.2) is 0 Å². The molecule has 0 radical (unpaired) electrons. The van der Waals surface area contributed by atoms with Gasteiger partial charge in [-0.2, -0.15) is 0 Å². The number of hydrogen-bond acceptors (Lipinski definition) is 5. The molecule has 196 valence electrons. The third kappa shape index (κ3) is 5.49. The fourth-order valence-corrected chi connectivity index (χ4v) is 5.35. The second-order valence-electron chi connectivity index (χ2n) is 10.1. The van der Waals surface area contributed by atoms with E-state index in [0.717, 1.165) is 48.3 Å². The maximum Gasteiger partial charge on any atom is 0.231 e. The minimum Gasteiger partial charge on any atom is -0.340 e. The van der Waals surface area contributed by atoms with Crippen molar-refractivity contribution < 1.29 is 4.79 Å². The Balaban J connectivity index is 1.44. The van der Waals surface area contributed by atoms with Gasteiger partial charge < -0.3 is 20.1 Å². The molecular weight excluding hydrogens is 496 g/mol. The zero-order valence-electron chi connectivity index (χ0n) is 21.6. The van der Waals surface area contributed by atoms with Crippen LogP contribution in [0.4, 0.5) is 0 Å². The highest BCUT2D eigenvalue weighted by atomic mass is 35.5. The number of allylic oxidation sites excluding steroid dienone is 4. The van der Waals surface area contributed by atoms with Crippen molar-refractivity contribution in [2.75, 3.05) is 26.2 Å². The van der Waals surface area contributed by atoms with Crippen LogP contribution in [-0.2, 0) is 11.3 Å². The van der Waals surface area contributed by atoms with Gasteiger partial charge in [-0.1, -0.05) is 48.9 Å². The van der Waals surface area contributed by atoms with Crippen LogP contribution < -0.4 is 0 Å². The van der Waals surface area contributed by atoms with Crippen LogP contribution in [0.2, 0.25) is 5.02 Å². The van der Waals surface area contributed by atoms with E-state index in [-0.39, 0.29) is 12.3 Å². The van der Waals surface area contributed by atoms with E-state index in [2.05, 4.69) is 52.8 Å². The number of imidazole rings is 1. The van der Waals surface area contributed by atoms with E-state index in [1.54, 1.807) is 0 Å². The van der Waals surface area contributed by atoms with Gasteiger partial charge in [-0.15, -0.1) is 0 Å². The molecule has 1 fully saturated rings. The molecule has 2 atom stereocenters. The Labute approximate surface area is 228 Å². The number of carbonyl (C=O) groups excluding carboxylic acids is 1. The summed E-state index contributed by atoms with van der Waals surface area (Å²) in [4.78, 5) is 22.0. The van der Waals surface area contributed by atoms with Crippen LogP contribution in [-0.4, -0.2) is 63.7 Å². The molecule has 8 heteroatoms. The normalized spacial score (nSPS) is 18.8. The summed E-state index contributed by atoms with van der Waals surface area (Å²) in [5.41, 5.74) is 6.37. The van der Waals surface area contributed by atoms with Gasteiger partial charge in [0, 0.05) is 55.7 Å². The van der Waals surface area contributed by atoms with Crippen LogP contribution in [0.15, 0.2) is 60.8 Å². The number of nitrogens with zero attached hydrogens (tertiary/aromatic N) is 4. The quantitative estimate of drug-likeness (QED) is 0.374. The summed E-state index contributed by atoms with van der Waals surface area (Å²) in [6, 6.07) is 12.1.